The molecule has 1 aromatic carbocycles. The van der Waals surface area contributed by atoms with E-state index in [0.717, 1.165) is 6.42 Å². The van der Waals surface area contributed by atoms with Gasteiger partial charge in [0.2, 0.25) is 0 Å². The highest BCUT2D eigenvalue weighted by molar-refractivity contribution is 5.94. The fourth-order valence-electron chi connectivity index (χ4n) is 1.77. The summed E-state index contributed by atoms with van der Waals surface area (Å²) in [7, 11) is 1.54. The third kappa shape index (κ3) is 6.18. The Kier molecular flexibility index (Phi) is 8.07. The quantitative estimate of drug-likeness (QED) is 0.533. The molecule has 0 bridgehead atoms. The van der Waals surface area contributed by atoms with E-state index in [4.69, 9.17) is 14.2 Å². The van der Waals surface area contributed by atoms with Crippen LogP contribution in [0.5, 0.6) is 11.5 Å². The lowest BCUT2D eigenvalue weighted by atomic mass is 10.2. The first-order chi connectivity index (χ1) is 10.6. The van der Waals surface area contributed by atoms with Gasteiger partial charge >= 0.3 is 0 Å². The van der Waals surface area contributed by atoms with Crippen LogP contribution in [0.3, 0.4) is 0 Å². The van der Waals surface area contributed by atoms with Crippen LogP contribution < -0.4 is 14.8 Å². The van der Waals surface area contributed by atoms with Crippen molar-refractivity contribution < 1.29 is 19.0 Å². The SMILES string of the molecule is C=CCOc1ccc(C(=O)NCCCOC(C)C)cc1OC. The van der Waals surface area contributed by atoms with Crippen LogP contribution in [-0.4, -0.2) is 38.9 Å². The van der Waals surface area contributed by atoms with E-state index < -0.39 is 0 Å². The standard InChI is InChI=1S/C17H25NO4/c1-5-10-22-15-8-7-14(12-16(15)20-4)17(19)18-9-6-11-21-13(2)3/h5,7-8,12-13H,1,6,9-11H2,2-4H3,(H,18,19). The van der Waals surface area contributed by atoms with Gasteiger partial charge in [-0.1, -0.05) is 12.7 Å². The van der Waals surface area contributed by atoms with E-state index in [0.29, 0.717) is 36.8 Å². The summed E-state index contributed by atoms with van der Waals surface area (Å²) in [4.78, 5) is 12.1. The summed E-state index contributed by atoms with van der Waals surface area (Å²) < 4.78 is 16.1. The van der Waals surface area contributed by atoms with Crippen molar-refractivity contribution in [2.45, 2.75) is 26.4 Å². The molecule has 5 heteroatoms. The normalized spacial score (nSPS) is 10.4. The minimum absolute atomic E-state index is 0.141. The minimum Gasteiger partial charge on any atom is -0.493 e. The van der Waals surface area contributed by atoms with Crippen molar-refractivity contribution in [2.24, 2.45) is 0 Å². The molecule has 0 aliphatic carbocycles. The molecule has 0 saturated carbocycles. The van der Waals surface area contributed by atoms with E-state index >= 15 is 0 Å². The van der Waals surface area contributed by atoms with E-state index in [1.165, 1.54) is 0 Å². The van der Waals surface area contributed by atoms with Gasteiger partial charge < -0.3 is 19.5 Å². The lowest BCUT2D eigenvalue weighted by molar-refractivity contribution is 0.0757. The molecule has 122 valence electrons. The predicted molar refractivity (Wildman–Crippen MR) is 86.7 cm³/mol. The molecule has 1 N–H and O–H groups in total. The van der Waals surface area contributed by atoms with E-state index in [-0.39, 0.29) is 12.0 Å². The molecule has 1 amide bonds. The van der Waals surface area contributed by atoms with E-state index in [1.54, 1.807) is 31.4 Å². The van der Waals surface area contributed by atoms with Crippen LogP contribution in [-0.2, 0) is 4.74 Å². The van der Waals surface area contributed by atoms with Gasteiger partial charge in [-0.2, -0.15) is 0 Å². The molecule has 0 radical (unpaired) electrons. The summed E-state index contributed by atoms with van der Waals surface area (Å²) in [5, 5.41) is 2.86. The van der Waals surface area contributed by atoms with Gasteiger partial charge in [-0.15, -0.1) is 0 Å². The highest BCUT2D eigenvalue weighted by Crippen LogP contribution is 2.28. The van der Waals surface area contributed by atoms with Crippen molar-refractivity contribution in [3.63, 3.8) is 0 Å². The van der Waals surface area contributed by atoms with Crippen LogP contribution in [0.1, 0.15) is 30.6 Å². The van der Waals surface area contributed by atoms with E-state index in [1.807, 2.05) is 13.8 Å². The zero-order chi connectivity index (χ0) is 16.4. The maximum absolute atomic E-state index is 12.1. The van der Waals surface area contributed by atoms with Crippen LogP contribution in [0.15, 0.2) is 30.9 Å². The van der Waals surface area contributed by atoms with Crippen LogP contribution >= 0.6 is 0 Å². The highest BCUT2D eigenvalue weighted by atomic mass is 16.5. The summed E-state index contributed by atoms with van der Waals surface area (Å²) in [6.45, 7) is 9.16. The van der Waals surface area contributed by atoms with Crippen molar-refractivity contribution in [3.05, 3.63) is 36.4 Å². The monoisotopic (exact) mass is 307 g/mol. The molecule has 0 fully saturated rings. The number of benzene rings is 1. The molecule has 1 aromatic rings. The topological polar surface area (TPSA) is 56.8 Å². The third-order valence-electron chi connectivity index (χ3n) is 2.84. The van der Waals surface area contributed by atoms with Crippen molar-refractivity contribution in [2.75, 3.05) is 26.9 Å². The number of carbonyl (C=O) groups is 1. The molecular formula is C17H25NO4. The second-order valence-electron chi connectivity index (χ2n) is 4.99. The average Bonchev–Trinajstić information content (AvgIpc) is 2.51. The first-order valence-corrected chi connectivity index (χ1v) is 7.40. The molecule has 5 nitrogen and oxygen atoms in total. The first-order valence-electron chi connectivity index (χ1n) is 7.40. The molecule has 0 aromatic heterocycles. The van der Waals surface area contributed by atoms with Gasteiger partial charge in [0.05, 0.1) is 13.2 Å². The lowest BCUT2D eigenvalue weighted by Gasteiger charge is -2.11. The molecule has 22 heavy (non-hydrogen) atoms. The molecule has 0 aliphatic heterocycles. The maximum atomic E-state index is 12.1. The Morgan fingerprint density at radius 3 is 2.77 bits per heavy atom. The largest absolute Gasteiger partial charge is 0.493 e. The fourth-order valence-corrected chi connectivity index (χ4v) is 1.77. The second kappa shape index (κ2) is 9.84. The van der Waals surface area contributed by atoms with Crippen LogP contribution in [0.2, 0.25) is 0 Å². The number of amides is 1. The van der Waals surface area contributed by atoms with Crippen LogP contribution in [0, 0.1) is 0 Å². The highest BCUT2D eigenvalue weighted by Gasteiger charge is 2.10. The molecule has 1 rings (SSSR count). The minimum atomic E-state index is -0.141. The van der Waals surface area contributed by atoms with Gasteiger partial charge in [0.1, 0.15) is 6.61 Å². The number of nitrogens with one attached hydrogen (secondary N) is 1. The van der Waals surface area contributed by atoms with Crippen molar-refractivity contribution in [1.29, 1.82) is 0 Å². The Bertz CT molecular complexity index is 486. The van der Waals surface area contributed by atoms with Crippen molar-refractivity contribution in [3.8, 4) is 11.5 Å². The van der Waals surface area contributed by atoms with Gasteiger partial charge in [-0.05, 0) is 38.5 Å². The molecule has 0 aliphatic rings. The van der Waals surface area contributed by atoms with E-state index in [2.05, 4.69) is 11.9 Å². The fraction of sp³-hybridized carbons (Fsp3) is 0.471. The zero-order valence-electron chi connectivity index (χ0n) is 13.6. The molecular weight excluding hydrogens is 282 g/mol. The smallest absolute Gasteiger partial charge is 0.251 e. The van der Waals surface area contributed by atoms with Gasteiger partial charge in [-0.25, -0.2) is 0 Å². The molecule has 0 heterocycles. The predicted octanol–water partition coefficient (Wildman–Crippen LogP) is 2.80. The number of methoxy groups -OCH3 is 1. The molecule has 0 unspecified atom stereocenters. The van der Waals surface area contributed by atoms with Crippen LogP contribution in [0.25, 0.3) is 0 Å². The summed E-state index contributed by atoms with van der Waals surface area (Å²) in [6, 6.07) is 5.10. The Morgan fingerprint density at radius 1 is 1.36 bits per heavy atom. The Balaban J connectivity index is 2.53. The number of rotatable bonds is 10. The van der Waals surface area contributed by atoms with Gasteiger partial charge in [0.25, 0.3) is 5.91 Å². The summed E-state index contributed by atoms with van der Waals surface area (Å²) in [5.41, 5.74) is 0.535. The number of hydrogen-bond acceptors (Lipinski definition) is 4. The summed E-state index contributed by atoms with van der Waals surface area (Å²) in [6.07, 6.45) is 2.64. The van der Waals surface area contributed by atoms with Crippen molar-refractivity contribution >= 4 is 5.91 Å². The van der Waals surface area contributed by atoms with Gasteiger partial charge in [0.15, 0.2) is 11.5 Å². The first kappa shape index (κ1) is 18.0. The van der Waals surface area contributed by atoms with Gasteiger partial charge in [-0.3, -0.25) is 4.79 Å². The Morgan fingerprint density at radius 2 is 2.14 bits per heavy atom. The van der Waals surface area contributed by atoms with Crippen LogP contribution in [0.4, 0.5) is 0 Å². The average molecular weight is 307 g/mol. The Labute approximate surface area is 132 Å². The molecule has 0 atom stereocenters. The number of hydrogen-bond donors (Lipinski definition) is 1. The van der Waals surface area contributed by atoms with Crippen molar-refractivity contribution in [1.82, 2.24) is 5.32 Å². The number of ether oxygens (including phenoxy) is 3. The second-order valence-corrected chi connectivity index (χ2v) is 4.99. The summed E-state index contributed by atoms with van der Waals surface area (Å²) in [5.74, 6) is 0.972. The Hall–Kier alpha value is -2.01. The molecule has 0 spiro atoms. The summed E-state index contributed by atoms with van der Waals surface area (Å²) >= 11 is 0. The van der Waals surface area contributed by atoms with Gasteiger partial charge in [0, 0.05) is 18.7 Å². The maximum Gasteiger partial charge on any atom is 0.251 e. The third-order valence-corrected chi connectivity index (χ3v) is 2.84. The lowest BCUT2D eigenvalue weighted by Crippen LogP contribution is -2.25. The molecule has 0 saturated heterocycles. The zero-order valence-corrected chi connectivity index (χ0v) is 13.6. The number of carbonyl (C=O) groups excluding carboxylic acids is 1. The van der Waals surface area contributed by atoms with E-state index in [9.17, 15) is 4.79 Å².